The molecule has 0 bridgehead atoms. The van der Waals surface area contributed by atoms with Gasteiger partial charge in [0.1, 0.15) is 6.54 Å². The average Bonchev–Trinajstić information content (AvgIpc) is 2.75. The molecule has 0 aliphatic carbocycles. The molecule has 0 saturated heterocycles. The lowest BCUT2D eigenvalue weighted by Crippen LogP contribution is -2.40. The Balaban J connectivity index is 1.60. The summed E-state index contributed by atoms with van der Waals surface area (Å²) in [6.07, 6.45) is -3.49. The molecule has 0 unspecified atom stereocenters. The Morgan fingerprint density at radius 3 is 2.38 bits per heavy atom. The van der Waals surface area contributed by atoms with Crippen LogP contribution in [0.1, 0.15) is 17.5 Å². The Morgan fingerprint density at radius 2 is 1.68 bits per heavy atom. The van der Waals surface area contributed by atoms with Gasteiger partial charge in [0.25, 0.3) is 0 Å². The summed E-state index contributed by atoms with van der Waals surface area (Å²) in [5.74, 6) is 0. The van der Waals surface area contributed by atoms with Gasteiger partial charge in [-0.1, -0.05) is 58.7 Å². The Morgan fingerprint density at radius 1 is 0.912 bits per heavy atom. The van der Waals surface area contributed by atoms with E-state index < -0.39 is 11.7 Å². The van der Waals surface area contributed by atoms with Crippen molar-refractivity contribution in [2.24, 2.45) is 0 Å². The first-order chi connectivity index (χ1) is 15.9. The van der Waals surface area contributed by atoms with Gasteiger partial charge in [-0.2, -0.15) is 13.2 Å². The first-order valence-electron chi connectivity index (χ1n) is 10.6. The normalized spacial score (nSPS) is 12.1. The van der Waals surface area contributed by atoms with Gasteiger partial charge in [-0.3, -0.25) is 0 Å². The molecule has 3 rings (SSSR count). The Kier molecular flexibility index (Phi) is 9.10. The molecule has 3 aromatic carbocycles. The maximum absolute atomic E-state index is 13.1. The van der Waals surface area contributed by atoms with E-state index in [0.29, 0.717) is 26.5 Å². The van der Waals surface area contributed by atoms with Crippen LogP contribution < -0.4 is 5.32 Å². The molecule has 0 aliphatic heterocycles. The van der Waals surface area contributed by atoms with Crippen LogP contribution in [-0.4, -0.2) is 31.7 Å². The van der Waals surface area contributed by atoms with Gasteiger partial charge in [0.2, 0.25) is 0 Å². The predicted octanol–water partition coefficient (Wildman–Crippen LogP) is 8.90. The zero-order chi connectivity index (χ0) is 24.9. The molecule has 0 saturated carbocycles. The molecule has 2 nitrogen and oxygen atoms in total. The van der Waals surface area contributed by atoms with Crippen molar-refractivity contribution in [1.82, 2.24) is 0 Å². The molecular formula is C25H25Cl3F3N2S+. The molecule has 182 valence electrons. The monoisotopic (exact) mass is 547 g/mol. The molecule has 34 heavy (non-hydrogen) atoms. The molecule has 9 heteroatoms. The van der Waals surface area contributed by atoms with E-state index in [9.17, 15) is 13.2 Å². The van der Waals surface area contributed by atoms with Gasteiger partial charge in [0.15, 0.2) is 0 Å². The van der Waals surface area contributed by atoms with Crippen molar-refractivity contribution in [2.75, 3.05) is 32.5 Å². The molecule has 1 N–H and O–H groups in total. The molecule has 0 radical (unpaired) electrons. The zero-order valence-electron chi connectivity index (χ0n) is 18.7. The SMILES string of the molecule is C[N+](C)(CCCNc1cc(Cl)ccc1Sc1cccc(C(F)(F)F)c1)Cc1ccc(Cl)c(Cl)c1. The largest absolute Gasteiger partial charge is 0.416 e. The second kappa shape index (κ2) is 11.4. The maximum Gasteiger partial charge on any atom is 0.416 e. The van der Waals surface area contributed by atoms with Crippen LogP contribution in [0.3, 0.4) is 0 Å². The first-order valence-corrected chi connectivity index (χ1v) is 12.5. The summed E-state index contributed by atoms with van der Waals surface area (Å²) < 4.78 is 40.0. The highest BCUT2D eigenvalue weighted by Crippen LogP contribution is 2.38. The summed E-state index contributed by atoms with van der Waals surface area (Å²) in [5, 5.41) is 5.05. The fraction of sp³-hybridized carbons (Fsp3) is 0.280. The van der Waals surface area contributed by atoms with Gasteiger partial charge < -0.3 is 9.80 Å². The van der Waals surface area contributed by atoms with Crippen molar-refractivity contribution in [3.05, 3.63) is 86.9 Å². The van der Waals surface area contributed by atoms with Crippen LogP contribution in [0, 0.1) is 0 Å². The minimum atomic E-state index is -4.37. The Labute approximate surface area is 217 Å². The van der Waals surface area contributed by atoms with E-state index in [-0.39, 0.29) is 0 Å². The molecular weight excluding hydrogens is 524 g/mol. The summed E-state index contributed by atoms with van der Waals surface area (Å²) in [6, 6.07) is 16.4. The van der Waals surface area contributed by atoms with Gasteiger partial charge in [0.05, 0.1) is 36.2 Å². The highest BCUT2D eigenvalue weighted by molar-refractivity contribution is 7.99. The van der Waals surface area contributed by atoms with Crippen LogP contribution >= 0.6 is 46.6 Å². The molecule has 0 amide bonds. The lowest BCUT2D eigenvalue weighted by Gasteiger charge is -2.30. The summed E-state index contributed by atoms with van der Waals surface area (Å²) in [4.78, 5) is 1.33. The number of halogens is 6. The smallest absolute Gasteiger partial charge is 0.384 e. The van der Waals surface area contributed by atoms with Crippen LogP contribution in [0.4, 0.5) is 18.9 Å². The molecule has 0 spiro atoms. The van der Waals surface area contributed by atoms with Crippen LogP contribution in [0.2, 0.25) is 15.1 Å². The van der Waals surface area contributed by atoms with Gasteiger partial charge in [-0.15, -0.1) is 0 Å². The third-order valence-electron chi connectivity index (χ3n) is 5.18. The number of anilines is 1. The van der Waals surface area contributed by atoms with E-state index >= 15 is 0 Å². The van der Waals surface area contributed by atoms with Crippen LogP contribution in [0.15, 0.2) is 70.5 Å². The highest BCUT2D eigenvalue weighted by Gasteiger charge is 2.30. The fourth-order valence-corrected chi connectivity index (χ4v) is 4.99. The number of rotatable bonds is 9. The topological polar surface area (TPSA) is 12.0 Å². The van der Waals surface area contributed by atoms with Crippen molar-refractivity contribution in [3.8, 4) is 0 Å². The Bertz CT molecular complexity index is 1140. The lowest BCUT2D eigenvalue weighted by molar-refractivity contribution is -0.903. The number of quaternary nitrogens is 1. The number of hydrogen-bond donors (Lipinski definition) is 1. The molecule has 0 fully saturated rings. The summed E-state index contributed by atoms with van der Waals surface area (Å²) >= 11 is 19.6. The van der Waals surface area contributed by atoms with Gasteiger partial charge in [-0.05, 0) is 48.5 Å². The van der Waals surface area contributed by atoms with Crippen LogP contribution in [0.5, 0.6) is 0 Å². The third kappa shape index (κ3) is 7.99. The standard InChI is InChI=1S/C25H25Cl3F3N2S/c1-33(2,16-17-7-9-21(27)22(28)13-17)12-4-11-32-23-15-19(26)8-10-24(23)34-20-6-3-5-18(14-20)25(29,30)31/h3,5-10,13-15,32H,4,11-12,16H2,1-2H3/q+1. The van der Waals surface area contributed by atoms with E-state index in [0.717, 1.165) is 52.3 Å². The van der Waals surface area contributed by atoms with Crippen LogP contribution in [0.25, 0.3) is 0 Å². The van der Waals surface area contributed by atoms with Crippen molar-refractivity contribution in [1.29, 1.82) is 0 Å². The Hall–Kier alpha value is -1.57. The van der Waals surface area contributed by atoms with E-state index in [1.165, 1.54) is 17.8 Å². The van der Waals surface area contributed by atoms with E-state index in [2.05, 4.69) is 19.4 Å². The molecule has 0 aliphatic rings. The molecule has 0 heterocycles. The molecule has 3 aromatic rings. The number of alkyl halides is 3. The van der Waals surface area contributed by atoms with Gasteiger partial charge in [-0.25, -0.2) is 0 Å². The lowest BCUT2D eigenvalue weighted by atomic mass is 10.2. The maximum atomic E-state index is 13.1. The summed E-state index contributed by atoms with van der Waals surface area (Å²) in [5.41, 5.74) is 1.25. The van der Waals surface area contributed by atoms with Crippen molar-refractivity contribution in [3.63, 3.8) is 0 Å². The van der Waals surface area contributed by atoms with Crippen molar-refractivity contribution >= 4 is 52.3 Å². The average molecular weight is 549 g/mol. The van der Waals surface area contributed by atoms with E-state index in [1.807, 2.05) is 24.3 Å². The summed E-state index contributed by atoms with van der Waals surface area (Å²) in [6.45, 7) is 2.41. The second-order valence-electron chi connectivity index (χ2n) is 8.61. The van der Waals surface area contributed by atoms with Crippen LogP contribution in [-0.2, 0) is 12.7 Å². The fourth-order valence-electron chi connectivity index (χ4n) is 3.53. The minimum absolute atomic E-state index is 0.514. The quantitative estimate of drug-likeness (QED) is 0.212. The second-order valence-corrected chi connectivity index (χ2v) is 11.0. The molecule has 0 atom stereocenters. The number of benzene rings is 3. The summed E-state index contributed by atoms with van der Waals surface area (Å²) in [7, 11) is 4.30. The third-order valence-corrected chi connectivity index (χ3v) is 7.22. The predicted molar refractivity (Wildman–Crippen MR) is 137 cm³/mol. The zero-order valence-corrected chi connectivity index (χ0v) is 21.8. The number of nitrogens with zero attached hydrogens (tertiary/aromatic N) is 1. The first kappa shape index (κ1) is 27.0. The van der Waals surface area contributed by atoms with E-state index in [1.54, 1.807) is 18.2 Å². The van der Waals surface area contributed by atoms with Crippen molar-refractivity contribution in [2.45, 2.75) is 28.9 Å². The highest BCUT2D eigenvalue weighted by atomic mass is 35.5. The minimum Gasteiger partial charge on any atom is -0.384 e. The van der Waals surface area contributed by atoms with Gasteiger partial charge in [0, 0.05) is 39.0 Å². The number of nitrogens with one attached hydrogen (secondary N) is 1. The molecule has 0 aromatic heterocycles. The van der Waals surface area contributed by atoms with Gasteiger partial charge >= 0.3 is 6.18 Å². The number of hydrogen-bond acceptors (Lipinski definition) is 2. The van der Waals surface area contributed by atoms with Crippen molar-refractivity contribution < 1.29 is 17.7 Å². The van der Waals surface area contributed by atoms with E-state index in [4.69, 9.17) is 34.8 Å².